The fraction of sp³-hybridized carbons (Fsp3) is 0.125. The molecule has 2 aromatic heterocycles. The molecule has 0 fully saturated rings. The smallest absolute Gasteiger partial charge is 0.314 e. The molecule has 0 aliphatic heterocycles. The summed E-state index contributed by atoms with van der Waals surface area (Å²) in [4.78, 5) is 31.1. The fourth-order valence-corrected chi connectivity index (χ4v) is 1.04. The number of rotatable bonds is 1. The number of fused-ring (bicyclic) bond motifs is 1. The van der Waals surface area contributed by atoms with Crippen molar-refractivity contribution in [2.24, 2.45) is 0 Å². The molecule has 0 N–H and O–H groups in total. The summed E-state index contributed by atoms with van der Waals surface area (Å²) in [6.45, 7) is 1.16. The average Bonchev–Trinajstić information content (AvgIpc) is 2.22. The standard InChI is InChI=1S/C8H6N4O3/c1-5(13)15-12-8(14)7-6(10-11-12)3-2-4-9-7/h2-4H,1H3. The number of hydrogen-bond donors (Lipinski definition) is 0. The molecule has 0 amide bonds. The summed E-state index contributed by atoms with van der Waals surface area (Å²) in [5.41, 5.74) is -0.157. The lowest BCUT2D eigenvalue weighted by Crippen LogP contribution is -2.33. The summed E-state index contributed by atoms with van der Waals surface area (Å²) in [6.07, 6.45) is 1.45. The molecule has 15 heavy (non-hydrogen) atoms. The Hall–Kier alpha value is -2.31. The third-order valence-electron chi connectivity index (χ3n) is 1.61. The fourth-order valence-electron chi connectivity index (χ4n) is 1.04. The van der Waals surface area contributed by atoms with E-state index in [1.54, 1.807) is 12.1 Å². The predicted octanol–water partition coefficient (Wildman–Crippen LogP) is -0.838. The minimum absolute atomic E-state index is 0.105. The predicted molar refractivity (Wildman–Crippen MR) is 48.9 cm³/mol. The Kier molecular flexibility index (Phi) is 2.13. The van der Waals surface area contributed by atoms with Crippen LogP contribution in [-0.2, 0) is 4.79 Å². The molecule has 0 radical (unpaired) electrons. The first-order valence-corrected chi connectivity index (χ1v) is 4.08. The van der Waals surface area contributed by atoms with Gasteiger partial charge < -0.3 is 4.84 Å². The highest BCUT2D eigenvalue weighted by Gasteiger charge is 2.07. The van der Waals surface area contributed by atoms with Crippen LogP contribution < -0.4 is 10.4 Å². The molecule has 0 aliphatic carbocycles. The van der Waals surface area contributed by atoms with Gasteiger partial charge in [-0.2, -0.15) is 0 Å². The summed E-state index contributed by atoms with van der Waals surface area (Å²) >= 11 is 0. The zero-order valence-electron chi connectivity index (χ0n) is 7.75. The second-order valence-corrected chi connectivity index (χ2v) is 2.72. The van der Waals surface area contributed by atoms with E-state index >= 15 is 0 Å². The van der Waals surface area contributed by atoms with Gasteiger partial charge in [0.15, 0.2) is 5.52 Å². The normalized spacial score (nSPS) is 10.2. The van der Waals surface area contributed by atoms with E-state index in [1.165, 1.54) is 6.20 Å². The van der Waals surface area contributed by atoms with Crippen LogP contribution in [0.4, 0.5) is 0 Å². The van der Waals surface area contributed by atoms with Crippen LogP contribution in [0.5, 0.6) is 0 Å². The van der Waals surface area contributed by atoms with Crippen LogP contribution in [0.25, 0.3) is 11.0 Å². The summed E-state index contributed by atoms with van der Waals surface area (Å²) in [5.74, 6) is -0.651. The van der Waals surface area contributed by atoms with Gasteiger partial charge >= 0.3 is 11.5 Å². The molecule has 0 unspecified atom stereocenters. The van der Waals surface area contributed by atoms with Crippen molar-refractivity contribution in [3.8, 4) is 0 Å². The molecule has 2 aromatic rings. The quantitative estimate of drug-likeness (QED) is 0.565. The van der Waals surface area contributed by atoms with Crippen LogP contribution in [0, 0.1) is 0 Å². The second-order valence-electron chi connectivity index (χ2n) is 2.72. The summed E-state index contributed by atoms with van der Waals surface area (Å²) in [7, 11) is 0. The number of hydrogen-bond acceptors (Lipinski definition) is 6. The van der Waals surface area contributed by atoms with Gasteiger partial charge in [-0.25, -0.2) is 9.78 Å². The van der Waals surface area contributed by atoms with Gasteiger partial charge in [0.05, 0.1) is 0 Å². The van der Waals surface area contributed by atoms with Crippen molar-refractivity contribution in [3.63, 3.8) is 0 Å². The van der Waals surface area contributed by atoms with Crippen LogP contribution in [0.15, 0.2) is 23.1 Å². The van der Waals surface area contributed by atoms with E-state index in [9.17, 15) is 9.59 Å². The maximum absolute atomic E-state index is 11.6. The number of nitrogens with zero attached hydrogens (tertiary/aromatic N) is 4. The average molecular weight is 206 g/mol. The van der Waals surface area contributed by atoms with Gasteiger partial charge in [-0.15, -0.1) is 5.10 Å². The second kappa shape index (κ2) is 3.45. The molecular formula is C8H6N4O3. The van der Waals surface area contributed by atoms with E-state index in [2.05, 4.69) is 20.1 Å². The minimum atomic E-state index is -0.651. The van der Waals surface area contributed by atoms with Crippen molar-refractivity contribution in [3.05, 3.63) is 28.7 Å². The van der Waals surface area contributed by atoms with E-state index < -0.39 is 11.5 Å². The first kappa shape index (κ1) is 9.25. The third kappa shape index (κ3) is 1.66. The van der Waals surface area contributed by atoms with Crippen molar-refractivity contribution in [1.82, 2.24) is 20.1 Å². The van der Waals surface area contributed by atoms with Crippen LogP contribution in [-0.4, -0.2) is 26.1 Å². The Balaban J connectivity index is 2.65. The van der Waals surface area contributed by atoms with Crippen LogP contribution in [0.1, 0.15) is 6.92 Å². The molecule has 7 nitrogen and oxygen atoms in total. The Bertz CT molecular complexity index is 577. The maximum atomic E-state index is 11.6. The first-order chi connectivity index (χ1) is 7.18. The molecule has 2 heterocycles. The first-order valence-electron chi connectivity index (χ1n) is 4.08. The molecule has 0 bridgehead atoms. The number of carbonyl (C=O) groups excluding carboxylic acids is 1. The summed E-state index contributed by atoms with van der Waals surface area (Å²) in [6, 6.07) is 3.22. The molecule has 0 atom stereocenters. The lowest BCUT2D eigenvalue weighted by molar-refractivity contribution is -0.144. The maximum Gasteiger partial charge on any atom is 0.333 e. The van der Waals surface area contributed by atoms with Gasteiger partial charge in [0, 0.05) is 13.1 Å². The highest BCUT2D eigenvalue weighted by Crippen LogP contribution is 1.98. The third-order valence-corrected chi connectivity index (χ3v) is 1.61. The number of carbonyl (C=O) groups is 1. The number of pyridine rings is 1. The van der Waals surface area contributed by atoms with Gasteiger partial charge in [-0.3, -0.25) is 4.79 Å². The van der Waals surface area contributed by atoms with E-state index in [0.717, 1.165) is 6.92 Å². The van der Waals surface area contributed by atoms with Gasteiger partial charge in [-0.05, 0) is 22.2 Å². The van der Waals surface area contributed by atoms with Crippen LogP contribution in [0.2, 0.25) is 0 Å². The Labute approximate surface area is 83.3 Å². The zero-order valence-corrected chi connectivity index (χ0v) is 7.75. The minimum Gasteiger partial charge on any atom is -0.314 e. The van der Waals surface area contributed by atoms with Crippen LogP contribution in [0.3, 0.4) is 0 Å². The lowest BCUT2D eigenvalue weighted by Gasteiger charge is -2.00. The van der Waals surface area contributed by atoms with E-state index in [0.29, 0.717) is 10.4 Å². The molecule has 0 saturated carbocycles. The van der Waals surface area contributed by atoms with Crippen molar-refractivity contribution >= 4 is 17.0 Å². The van der Waals surface area contributed by atoms with Gasteiger partial charge in [0.2, 0.25) is 0 Å². The van der Waals surface area contributed by atoms with Crippen molar-refractivity contribution in [2.75, 3.05) is 0 Å². The molecule has 2 rings (SSSR count). The largest absolute Gasteiger partial charge is 0.333 e. The summed E-state index contributed by atoms with van der Waals surface area (Å²) < 4.78 is 0. The Morgan fingerprint density at radius 1 is 1.53 bits per heavy atom. The molecular weight excluding hydrogens is 200 g/mol. The van der Waals surface area contributed by atoms with E-state index in [1.807, 2.05) is 0 Å². The van der Waals surface area contributed by atoms with Crippen molar-refractivity contribution in [1.29, 1.82) is 0 Å². The molecule has 76 valence electrons. The summed E-state index contributed by atoms with van der Waals surface area (Å²) in [5, 5.41) is 7.09. The number of aromatic nitrogens is 4. The monoisotopic (exact) mass is 206 g/mol. The Morgan fingerprint density at radius 2 is 2.33 bits per heavy atom. The Morgan fingerprint density at radius 3 is 3.07 bits per heavy atom. The lowest BCUT2D eigenvalue weighted by atomic mass is 10.4. The molecule has 0 aliphatic rings. The van der Waals surface area contributed by atoms with Crippen LogP contribution >= 0.6 is 0 Å². The van der Waals surface area contributed by atoms with Gasteiger partial charge in [-0.1, -0.05) is 0 Å². The van der Waals surface area contributed by atoms with Gasteiger partial charge in [0.1, 0.15) is 5.52 Å². The zero-order chi connectivity index (χ0) is 10.8. The van der Waals surface area contributed by atoms with Gasteiger partial charge in [0.25, 0.3) is 0 Å². The molecule has 7 heteroatoms. The molecule has 0 saturated heterocycles. The molecule has 0 spiro atoms. The topological polar surface area (TPSA) is 87.0 Å². The van der Waals surface area contributed by atoms with Crippen molar-refractivity contribution < 1.29 is 9.63 Å². The SMILES string of the molecule is CC(=O)On1nnc2cccnc2c1=O. The van der Waals surface area contributed by atoms with E-state index in [-0.39, 0.29) is 5.52 Å². The highest BCUT2D eigenvalue weighted by molar-refractivity contribution is 5.71. The highest BCUT2D eigenvalue weighted by atomic mass is 16.7. The molecule has 0 aromatic carbocycles. The van der Waals surface area contributed by atoms with E-state index in [4.69, 9.17) is 0 Å². The van der Waals surface area contributed by atoms with Crippen molar-refractivity contribution in [2.45, 2.75) is 6.92 Å².